The number of aliphatic hydroxyl groups excluding tert-OH is 1. The third-order valence-electron chi connectivity index (χ3n) is 3.11. The van der Waals surface area contributed by atoms with Crippen LogP contribution in [0.1, 0.15) is 22.8 Å². The molecule has 86 valence electrons. The number of anilines is 1. The number of fused-ring (bicyclic) bond motifs is 1. The molecule has 1 heterocycles. The molecule has 0 unspecified atom stereocenters. The van der Waals surface area contributed by atoms with E-state index in [0.29, 0.717) is 12.1 Å². The van der Waals surface area contributed by atoms with Crippen LogP contribution in [0.5, 0.6) is 0 Å². The Morgan fingerprint density at radius 1 is 1.62 bits per heavy atom. The van der Waals surface area contributed by atoms with Crippen molar-refractivity contribution >= 4 is 11.7 Å². The van der Waals surface area contributed by atoms with E-state index in [0.717, 1.165) is 11.3 Å². The van der Waals surface area contributed by atoms with E-state index in [4.69, 9.17) is 0 Å². The van der Waals surface area contributed by atoms with Crippen LogP contribution < -0.4 is 5.32 Å². The number of rotatable bonds is 2. The topological polar surface area (TPSA) is 58.6 Å². The molecule has 0 fully saturated rings. The highest BCUT2D eigenvalue weighted by Gasteiger charge is 2.34. The smallest absolute Gasteiger partial charge is 0.337 e. The number of methoxy groups -OCH3 is 1. The van der Waals surface area contributed by atoms with Crippen molar-refractivity contribution in [2.45, 2.75) is 12.3 Å². The maximum Gasteiger partial charge on any atom is 0.337 e. The monoisotopic (exact) mass is 221 g/mol. The lowest BCUT2D eigenvalue weighted by Crippen LogP contribution is -2.28. The Morgan fingerprint density at radius 2 is 2.38 bits per heavy atom. The summed E-state index contributed by atoms with van der Waals surface area (Å²) in [5.41, 5.74) is 2.14. The number of hydrogen-bond acceptors (Lipinski definition) is 4. The largest absolute Gasteiger partial charge is 0.465 e. The van der Waals surface area contributed by atoms with Gasteiger partial charge in [0.25, 0.3) is 0 Å². The van der Waals surface area contributed by atoms with Crippen LogP contribution in [0.4, 0.5) is 5.69 Å². The fourth-order valence-corrected chi connectivity index (χ4v) is 1.97. The van der Waals surface area contributed by atoms with E-state index in [1.165, 1.54) is 7.11 Å². The van der Waals surface area contributed by atoms with Crippen LogP contribution in [0, 0.1) is 0 Å². The predicted octanol–water partition coefficient (Wildman–Crippen LogP) is 1.15. The molecular formula is C12H15NO3. The summed E-state index contributed by atoms with van der Waals surface area (Å²) < 4.78 is 4.68. The third kappa shape index (κ3) is 1.55. The molecular weight excluding hydrogens is 206 g/mol. The van der Waals surface area contributed by atoms with Gasteiger partial charge in [-0.3, -0.25) is 0 Å². The Kier molecular flexibility index (Phi) is 2.59. The van der Waals surface area contributed by atoms with Gasteiger partial charge in [0, 0.05) is 17.6 Å². The summed E-state index contributed by atoms with van der Waals surface area (Å²) in [6.07, 6.45) is 0. The minimum Gasteiger partial charge on any atom is -0.465 e. The van der Waals surface area contributed by atoms with Crippen molar-refractivity contribution in [3.05, 3.63) is 29.3 Å². The number of hydrogen-bond donors (Lipinski definition) is 2. The summed E-state index contributed by atoms with van der Waals surface area (Å²) in [4.78, 5) is 11.4. The number of nitrogens with one attached hydrogen (secondary N) is 1. The van der Waals surface area contributed by atoms with Gasteiger partial charge in [0.1, 0.15) is 0 Å². The van der Waals surface area contributed by atoms with Gasteiger partial charge in [-0.1, -0.05) is 6.92 Å². The number of carbonyl (C=O) groups is 1. The molecule has 0 amide bonds. The molecule has 1 atom stereocenters. The van der Waals surface area contributed by atoms with Gasteiger partial charge in [0.15, 0.2) is 0 Å². The molecule has 0 saturated carbocycles. The zero-order chi connectivity index (χ0) is 11.8. The minimum atomic E-state index is -0.352. The molecule has 0 saturated heterocycles. The standard InChI is InChI=1S/C12H15NO3/c1-12(7-14)6-13-10-4-3-8(5-9(10)12)11(15)16-2/h3-5,13-14H,6-7H2,1-2H3/t12-/m0/s1. The van der Waals surface area contributed by atoms with Crippen LogP contribution in [-0.2, 0) is 10.2 Å². The highest BCUT2D eigenvalue weighted by atomic mass is 16.5. The van der Waals surface area contributed by atoms with Gasteiger partial charge in [0.2, 0.25) is 0 Å². The van der Waals surface area contributed by atoms with Crippen molar-refractivity contribution in [2.75, 3.05) is 25.6 Å². The van der Waals surface area contributed by atoms with Crippen molar-refractivity contribution in [1.82, 2.24) is 0 Å². The maximum absolute atomic E-state index is 11.4. The fourth-order valence-electron chi connectivity index (χ4n) is 1.97. The van der Waals surface area contributed by atoms with Crippen molar-refractivity contribution in [3.8, 4) is 0 Å². The van der Waals surface area contributed by atoms with Gasteiger partial charge in [-0.05, 0) is 23.8 Å². The predicted molar refractivity (Wildman–Crippen MR) is 60.7 cm³/mol. The first kappa shape index (κ1) is 11.0. The van der Waals surface area contributed by atoms with E-state index in [9.17, 15) is 9.90 Å². The van der Waals surface area contributed by atoms with E-state index in [1.54, 1.807) is 12.1 Å². The van der Waals surface area contributed by atoms with Gasteiger partial charge in [-0.15, -0.1) is 0 Å². The molecule has 16 heavy (non-hydrogen) atoms. The maximum atomic E-state index is 11.4. The molecule has 4 heteroatoms. The first-order valence-electron chi connectivity index (χ1n) is 5.18. The normalized spacial score (nSPS) is 22.4. The van der Waals surface area contributed by atoms with Crippen LogP contribution >= 0.6 is 0 Å². The SMILES string of the molecule is COC(=O)c1ccc2c(c1)[C@](C)(CO)CN2. The summed E-state index contributed by atoms with van der Waals surface area (Å²) in [5, 5.41) is 12.6. The van der Waals surface area contributed by atoms with E-state index >= 15 is 0 Å². The van der Waals surface area contributed by atoms with Crippen molar-refractivity contribution in [3.63, 3.8) is 0 Å². The molecule has 0 spiro atoms. The van der Waals surface area contributed by atoms with Crippen LogP contribution in [0.3, 0.4) is 0 Å². The zero-order valence-corrected chi connectivity index (χ0v) is 9.41. The van der Waals surface area contributed by atoms with Crippen LogP contribution in [0.15, 0.2) is 18.2 Å². The third-order valence-corrected chi connectivity index (χ3v) is 3.11. The number of ether oxygens (including phenoxy) is 1. The Balaban J connectivity index is 2.45. The first-order chi connectivity index (χ1) is 7.60. The molecule has 1 aliphatic rings. The van der Waals surface area contributed by atoms with E-state index in [1.807, 2.05) is 13.0 Å². The van der Waals surface area contributed by atoms with Crippen LogP contribution in [-0.4, -0.2) is 31.3 Å². The fraction of sp³-hybridized carbons (Fsp3) is 0.417. The quantitative estimate of drug-likeness (QED) is 0.735. The van der Waals surface area contributed by atoms with Crippen molar-refractivity contribution in [1.29, 1.82) is 0 Å². The van der Waals surface area contributed by atoms with Gasteiger partial charge in [0.05, 0.1) is 19.3 Å². The average Bonchev–Trinajstić information content (AvgIpc) is 2.66. The van der Waals surface area contributed by atoms with E-state index in [-0.39, 0.29) is 18.0 Å². The van der Waals surface area contributed by atoms with E-state index in [2.05, 4.69) is 10.1 Å². The summed E-state index contributed by atoms with van der Waals surface area (Å²) in [7, 11) is 1.36. The molecule has 1 aromatic rings. The summed E-state index contributed by atoms with van der Waals surface area (Å²) >= 11 is 0. The van der Waals surface area contributed by atoms with Gasteiger partial charge < -0.3 is 15.2 Å². The second kappa shape index (κ2) is 3.79. The molecule has 4 nitrogen and oxygen atoms in total. The number of aliphatic hydroxyl groups is 1. The molecule has 0 aliphatic carbocycles. The average molecular weight is 221 g/mol. The van der Waals surface area contributed by atoms with Gasteiger partial charge >= 0.3 is 5.97 Å². The Hall–Kier alpha value is -1.55. The number of esters is 1. The van der Waals surface area contributed by atoms with E-state index < -0.39 is 0 Å². The first-order valence-corrected chi connectivity index (χ1v) is 5.18. The van der Waals surface area contributed by atoms with Gasteiger partial charge in [-0.2, -0.15) is 0 Å². The number of carbonyl (C=O) groups excluding carboxylic acids is 1. The second-order valence-electron chi connectivity index (χ2n) is 4.32. The molecule has 0 aromatic heterocycles. The Morgan fingerprint density at radius 3 is 3.00 bits per heavy atom. The summed E-state index contributed by atoms with van der Waals surface area (Å²) in [6, 6.07) is 5.36. The minimum absolute atomic E-state index is 0.0532. The van der Waals surface area contributed by atoms with Crippen LogP contribution in [0.2, 0.25) is 0 Å². The summed E-state index contributed by atoms with van der Waals surface area (Å²) in [6.45, 7) is 2.70. The molecule has 2 rings (SSSR count). The molecule has 2 N–H and O–H groups in total. The molecule has 1 aromatic carbocycles. The lowest BCUT2D eigenvalue weighted by Gasteiger charge is -2.20. The Labute approximate surface area is 94.2 Å². The molecule has 0 radical (unpaired) electrons. The van der Waals surface area contributed by atoms with Crippen molar-refractivity contribution in [2.24, 2.45) is 0 Å². The molecule has 1 aliphatic heterocycles. The highest BCUT2D eigenvalue weighted by molar-refractivity contribution is 5.90. The lowest BCUT2D eigenvalue weighted by atomic mass is 9.85. The molecule has 0 bridgehead atoms. The second-order valence-corrected chi connectivity index (χ2v) is 4.32. The van der Waals surface area contributed by atoms with Gasteiger partial charge in [-0.25, -0.2) is 4.79 Å². The highest BCUT2D eigenvalue weighted by Crippen LogP contribution is 2.36. The lowest BCUT2D eigenvalue weighted by molar-refractivity contribution is 0.0600. The van der Waals surface area contributed by atoms with Crippen LogP contribution in [0.25, 0.3) is 0 Å². The summed E-state index contributed by atoms with van der Waals surface area (Å²) in [5.74, 6) is -0.352. The Bertz CT molecular complexity index is 430. The number of benzene rings is 1. The zero-order valence-electron chi connectivity index (χ0n) is 9.41. The van der Waals surface area contributed by atoms with Crippen molar-refractivity contribution < 1.29 is 14.6 Å².